The van der Waals surface area contributed by atoms with Crippen LogP contribution in [0, 0.1) is 23.2 Å². The van der Waals surface area contributed by atoms with E-state index in [4.69, 9.17) is 5.26 Å². The highest BCUT2D eigenvalue weighted by Gasteiger charge is 1.97. The summed E-state index contributed by atoms with van der Waals surface area (Å²) in [6, 6.07) is 9.67. The summed E-state index contributed by atoms with van der Waals surface area (Å²) in [7, 11) is 0. The van der Waals surface area contributed by atoms with E-state index in [9.17, 15) is 4.79 Å². The maximum absolute atomic E-state index is 10.7. The van der Waals surface area contributed by atoms with Crippen LogP contribution in [-0.2, 0) is 11.2 Å². The second kappa shape index (κ2) is 6.71. The van der Waals surface area contributed by atoms with Gasteiger partial charge in [0.05, 0.1) is 18.2 Å². The smallest absolute Gasteiger partial charge is 0.186 e. The van der Waals surface area contributed by atoms with Crippen LogP contribution in [0.1, 0.15) is 18.1 Å². The maximum Gasteiger partial charge on any atom is 0.186 e. The number of rotatable bonds is 2. The quantitative estimate of drug-likeness (QED) is 0.731. The first-order valence-electron chi connectivity index (χ1n) is 4.81. The molecule has 0 N–H and O–H groups in total. The van der Waals surface area contributed by atoms with Crippen molar-refractivity contribution in [1.29, 1.82) is 5.26 Å². The molecule has 0 aromatic heterocycles. The van der Waals surface area contributed by atoms with E-state index in [-0.39, 0.29) is 5.12 Å². The number of hydrogen-bond donors (Lipinski definition) is 0. The molecule has 0 aliphatic carbocycles. The van der Waals surface area contributed by atoms with Crippen molar-refractivity contribution in [3.8, 4) is 17.9 Å². The van der Waals surface area contributed by atoms with Gasteiger partial charge in [-0.05, 0) is 11.6 Å². The zero-order chi connectivity index (χ0) is 11.8. The highest BCUT2D eigenvalue weighted by Crippen LogP contribution is 2.07. The number of nitrogens with zero attached hydrogens (tertiary/aromatic N) is 1. The third-order valence-corrected chi connectivity index (χ3v) is 2.55. The van der Waals surface area contributed by atoms with Crippen LogP contribution >= 0.6 is 11.8 Å². The van der Waals surface area contributed by atoms with E-state index in [1.807, 2.05) is 24.3 Å². The Balaban J connectivity index is 2.72. The summed E-state index contributed by atoms with van der Waals surface area (Å²) in [6.45, 7) is 1.52. The van der Waals surface area contributed by atoms with Crippen molar-refractivity contribution in [2.45, 2.75) is 13.3 Å². The zero-order valence-corrected chi connectivity index (χ0v) is 9.80. The van der Waals surface area contributed by atoms with Crippen molar-refractivity contribution in [2.75, 3.05) is 5.75 Å². The lowest BCUT2D eigenvalue weighted by atomic mass is 10.1. The molecular formula is C13H11NOS. The molecule has 0 spiro atoms. The molecule has 3 heteroatoms. The third kappa shape index (κ3) is 4.21. The minimum Gasteiger partial charge on any atom is -0.288 e. The molecule has 0 saturated heterocycles. The Morgan fingerprint density at radius 1 is 1.44 bits per heavy atom. The maximum atomic E-state index is 10.7. The van der Waals surface area contributed by atoms with Crippen LogP contribution in [-0.4, -0.2) is 10.9 Å². The van der Waals surface area contributed by atoms with Crippen molar-refractivity contribution in [3.63, 3.8) is 0 Å². The Bertz CT molecular complexity index is 477. The Morgan fingerprint density at radius 2 is 2.19 bits per heavy atom. The summed E-state index contributed by atoms with van der Waals surface area (Å²) < 4.78 is 0. The van der Waals surface area contributed by atoms with Gasteiger partial charge in [0, 0.05) is 12.5 Å². The second-order valence-electron chi connectivity index (χ2n) is 3.07. The van der Waals surface area contributed by atoms with E-state index < -0.39 is 0 Å². The van der Waals surface area contributed by atoms with Gasteiger partial charge in [-0.15, -0.1) is 0 Å². The van der Waals surface area contributed by atoms with E-state index in [1.54, 1.807) is 0 Å². The SMILES string of the molecule is CC(=O)SCC#Cc1ccccc1CC#N. The van der Waals surface area contributed by atoms with Crippen molar-refractivity contribution in [3.05, 3.63) is 35.4 Å². The van der Waals surface area contributed by atoms with E-state index in [1.165, 1.54) is 18.7 Å². The normalized spacial score (nSPS) is 8.75. The van der Waals surface area contributed by atoms with Crippen molar-refractivity contribution < 1.29 is 4.79 Å². The number of hydrogen-bond acceptors (Lipinski definition) is 3. The molecule has 0 atom stereocenters. The zero-order valence-electron chi connectivity index (χ0n) is 8.99. The van der Waals surface area contributed by atoms with E-state index in [2.05, 4.69) is 17.9 Å². The van der Waals surface area contributed by atoms with Gasteiger partial charge in [0.1, 0.15) is 0 Å². The molecule has 2 nitrogen and oxygen atoms in total. The number of carbonyl (C=O) groups is 1. The molecule has 16 heavy (non-hydrogen) atoms. The average molecular weight is 229 g/mol. The van der Waals surface area contributed by atoms with Gasteiger partial charge in [0.25, 0.3) is 0 Å². The largest absolute Gasteiger partial charge is 0.288 e. The number of benzene rings is 1. The van der Waals surface area contributed by atoms with Crippen LogP contribution in [0.3, 0.4) is 0 Å². The third-order valence-electron chi connectivity index (χ3n) is 1.86. The molecule has 0 radical (unpaired) electrons. The molecule has 0 fully saturated rings. The summed E-state index contributed by atoms with van der Waals surface area (Å²) in [5, 5.41) is 8.71. The summed E-state index contributed by atoms with van der Waals surface area (Å²) >= 11 is 1.19. The minimum absolute atomic E-state index is 0.0691. The summed E-state index contributed by atoms with van der Waals surface area (Å²) in [6.07, 6.45) is 0.366. The van der Waals surface area contributed by atoms with Crippen LogP contribution in [0.4, 0.5) is 0 Å². The lowest BCUT2D eigenvalue weighted by molar-refractivity contribution is -0.109. The standard InChI is InChI=1S/C13H11NOS/c1-11(15)16-10-4-7-12-5-2-3-6-13(12)8-9-14/h2-3,5-6H,8,10H2,1H3. The van der Waals surface area contributed by atoms with Gasteiger partial charge in [-0.2, -0.15) is 5.26 Å². The van der Waals surface area contributed by atoms with Gasteiger partial charge >= 0.3 is 0 Å². The fourth-order valence-electron chi connectivity index (χ4n) is 1.15. The molecule has 0 unspecified atom stereocenters. The molecule has 80 valence electrons. The molecule has 0 heterocycles. The van der Waals surface area contributed by atoms with Crippen LogP contribution in [0.5, 0.6) is 0 Å². The number of carbonyl (C=O) groups excluding carboxylic acids is 1. The minimum atomic E-state index is 0.0691. The van der Waals surface area contributed by atoms with Crippen LogP contribution < -0.4 is 0 Å². The van der Waals surface area contributed by atoms with Crippen molar-refractivity contribution >= 4 is 16.9 Å². The molecule has 1 aromatic carbocycles. The van der Waals surface area contributed by atoms with Crippen LogP contribution in [0.15, 0.2) is 24.3 Å². The molecule has 1 aromatic rings. The van der Waals surface area contributed by atoms with E-state index in [0.29, 0.717) is 12.2 Å². The summed E-state index contributed by atoms with van der Waals surface area (Å²) in [5.74, 6) is 6.39. The number of thioether (sulfide) groups is 1. The van der Waals surface area contributed by atoms with Crippen molar-refractivity contribution in [2.24, 2.45) is 0 Å². The van der Waals surface area contributed by atoms with Crippen LogP contribution in [0.2, 0.25) is 0 Å². The van der Waals surface area contributed by atoms with Gasteiger partial charge in [0.15, 0.2) is 5.12 Å². The molecular weight excluding hydrogens is 218 g/mol. The Labute approximate surface area is 99.7 Å². The molecule has 1 rings (SSSR count). The lowest BCUT2D eigenvalue weighted by Crippen LogP contribution is -1.88. The fraction of sp³-hybridized carbons (Fsp3) is 0.231. The van der Waals surface area contributed by atoms with Gasteiger partial charge in [0.2, 0.25) is 0 Å². The second-order valence-corrected chi connectivity index (χ2v) is 4.23. The highest BCUT2D eigenvalue weighted by atomic mass is 32.2. The first-order chi connectivity index (χ1) is 7.74. The van der Waals surface area contributed by atoms with Gasteiger partial charge in [-0.1, -0.05) is 41.8 Å². The van der Waals surface area contributed by atoms with E-state index in [0.717, 1.165) is 11.1 Å². The predicted octanol–water partition coefficient (Wildman–Crippen LogP) is 2.38. The lowest BCUT2D eigenvalue weighted by Gasteiger charge is -1.97. The first kappa shape index (κ1) is 12.4. The topological polar surface area (TPSA) is 40.9 Å². The van der Waals surface area contributed by atoms with Crippen LogP contribution in [0.25, 0.3) is 0 Å². The highest BCUT2D eigenvalue weighted by molar-refractivity contribution is 8.13. The average Bonchev–Trinajstić information content (AvgIpc) is 2.26. The summed E-state index contributed by atoms with van der Waals surface area (Å²) in [4.78, 5) is 10.7. The number of nitriles is 1. The molecule has 0 aliphatic rings. The Hall–Kier alpha value is -1.71. The fourth-order valence-corrected chi connectivity index (χ4v) is 1.50. The van der Waals surface area contributed by atoms with E-state index >= 15 is 0 Å². The Morgan fingerprint density at radius 3 is 2.88 bits per heavy atom. The molecule has 0 aliphatic heterocycles. The molecule has 0 saturated carbocycles. The molecule has 0 bridgehead atoms. The monoisotopic (exact) mass is 229 g/mol. The van der Waals surface area contributed by atoms with Crippen molar-refractivity contribution in [1.82, 2.24) is 0 Å². The van der Waals surface area contributed by atoms with Gasteiger partial charge in [-0.3, -0.25) is 4.79 Å². The first-order valence-corrected chi connectivity index (χ1v) is 5.79. The molecule has 0 amide bonds. The predicted molar refractivity (Wildman–Crippen MR) is 65.8 cm³/mol. The summed E-state index contributed by atoms with van der Waals surface area (Å²) in [5.41, 5.74) is 1.80. The van der Waals surface area contributed by atoms with Gasteiger partial charge < -0.3 is 0 Å². The Kier molecular flexibility index (Phi) is 5.19. The van der Waals surface area contributed by atoms with Gasteiger partial charge in [-0.25, -0.2) is 0 Å².